The molecule has 2 amide bonds. The number of hydrogen-bond acceptors (Lipinski definition) is 5. The topological polar surface area (TPSA) is 125 Å². The maximum Gasteiger partial charge on any atom is 0.407 e. The molecule has 2 atom stereocenters. The lowest BCUT2D eigenvalue weighted by Crippen LogP contribution is -2.49. The third kappa shape index (κ3) is 4.96. The molecular formula is C22H24N2O6. The molecule has 0 radical (unpaired) electrons. The van der Waals surface area contributed by atoms with E-state index in [1.54, 1.807) is 0 Å². The Morgan fingerprint density at radius 1 is 1.03 bits per heavy atom. The minimum Gasteiger partial charge on any atom is -0.481 e. The van der Waals surface area contributed by atoms with Gasteiger partial charge in [-0.05, 0) is 29.2 Å². The molecule has 2 aromatic carbocycles. The first-order chi connectivity index (χ1) is 14.4. The van der Waals surface area contributed by atoms with Gasteiger partial charge in [-0.15, -0.1) is 0 Å². The Kier molecular flexibility index (Phi) is 6.68. The maximum atomic E-state index is 12.3. The van der Waals surface area contributed by atoms with Crippen LogP contribution in [0.2, 0.25) is 0 Å². The minimum absolute atomic E-state index is 0.0505. The molecule has 8 heteroatoms. The second-order valence-electron chi connectivity index (χ2n) is 7.21. The molecule has 4 N–H and O–H groups in total. The van der Waals surface area contributed by atoms with E-state index in [1.807, 2.05) is 48.5 Å². The number of aliphatic hydroxyl groups excluding tert-OH is 1. The van der Waals surface area contributed by atoms with Gasteiger partial charge in [0, 0.05) is 12.5 Å². The molecule has 0 aliphatic heterocycles. The predicted octanol–water partition coefficient (Wildman–Crippen LogP) is 1.87. The number of carboxylic acid groups (broad SMARTS) is 1. The third-order valence-corrected chi connectivity index (χ3v) is 4.90. The Morgan fingerprint density at radius 3 is 2.13 bits per heavy atom. The summed E-state index contributed by atoms with van der Waals surface area (Å²) in [6, 6.07) is 14.4. The number of benzene rings is 2. The molecule has 3 rings (SSSR count). The highest BCUT2D eigenvalue weighted by atomic mass is 16.5. The van der Waals surface area contributed by atoms with Crippen LogP contribution in [0.15, 0.2) is 48.5 Å². The van der Waals surface area contributed by atoms with E-state index in [2.05, 4.69) is 10.6 Å². The number of rotatable bonds is 8. The molecule has 0 saturated heterocycles. The average molecular weight is 412 g/mol. The molecule has 2 aromatic rings. The third-order valence-electron chi connectivity index (χ3n) is 4.90. The second kappa shape index (κ2) is 9.41. The van der Waals surface area contributed by atoms with Gasteiger partial charge in [0.05, 0.1) is 12.5 Å². The Balaban J connectivity index is 1.65. The quantitative estimate of drug-likeness (QED) is 0.525. The highest BCUT2D eigenvalue weighted by Crippen LogP contribution is 2.44. The highest BCUT2D eigenvalue weighted by molar-refractivity contribution is 5.89. The minimum atomic E-state index is -1.31. The lowest BCUT2D eigenvalue weighted by molar-refractivity contribution is -0.139. The van der Waals surface area contributed by atoms with Gasteiger partial charge >= 0.3 is 12.1 Å². The molecule has 30 heavy (non-hydrogen) atoms. The molecule has 1 aliphatic carbocycles. The van der Waals surface area contributed by atoms with E-state index in [9.17, 15) is 19.5 Å². The molecule has 0 saturated carbocycles. The summed E-state index contributed by atoms with van der Waals surface area (Å²) < 4.78 is 5.36. The molecule has 8 nitrogen and oxygen atoms in total. The maximum absolute atomic E-state index is 12.3. The number of alkyl carbamates (subject to hydrolysis) is 1. The van der Waals surface area contributed by atoms with Crippen molar-refractivity contribution in [3.8, 4) is 11.1 Å². The van der Waals surface area contributed by atoms with Gasteiger partial charge in [0.15, 0.2) is 0 Å². The zero-order valence-electron chi connectivity index (χ0n) is 16.5. The number of fused-ring (bicyclic) bond motifs is 3. The van der Waals surface area contributed by atoms with Gasteiger partial charge in [-0.1, -0.05) is 48.5 Å². The number of aliphatic carboxylic acids is 1. The summed E-state index contributed by atoms with van der Waals surface area (Å²) in [7, 11) is 0. The molecule has 0 bridgehead atoms. The normalized spacial score (nSPS) is 14.2. The van der Waals surface area contributed by atoms with Crippen molar-refractivity contribution in [3.05, 3.63) is 59.7 Å². The zero-order valence-corrected chi connectivity index (χ0v) is 16.5. The van der Waals surface area contributed by atoms with Crippen LogP contribution in [0, 0.1) is 0 Å². The molecule has 0 fully saturated rings. The summed E-state index contributed by atoms with van der Waals surface area (Å²) in [5.74, 6) is -2.09. The van der Waals surface area contributed by atoms with Crippen LogP contribution in [-0.2, 0) is 14.3 Å². The lowest BCUT2D eigenvalue weighted by atomic mass is 9.98. The van der Waals surface area contributed by atoms with Crippen LogP contribution in [0.1, 0.15) is 30.4 Å². The number of amides is 2. The number of carboxylic acids is 1. The number of ether oxygens (including phenoxy) is 1. The van der Waals surface area contributed by atoms with Crippen molar-refractivity contribution in [2.75, 3.05) is 13.2 Å². The monoisotopic (exact) mass is 412 g/mol. The first kappa shape index (κ1) is 21.3. The number of aliphatic hydroxyl groups is 1. The standard InChI is InChI=1S/C22H24N2O6/c1-13(25)11-23-21(28)19(10-20(26)27)24-22(29)30-12-18-16-8-4-2-6-14(16)15-7-3-5-9-17(15)18/h2-9,13,18-19,25H,10-12H2,1H3,(H,23,28)(H,24,29)(H,26,27)/t13-,19?/m0/s1. The van der Waals surface area contributed by atoms with E-state index in [0.29, 0.717) is 0 Å². The van der Waals surface area contributed by atoms with Crippen LogP contribution in [0.25, 0.3) is 11.1 Å². The average Bonchev–Trinajstić information content (AvgIpc) is 3.03. The fourth-order valence-corrected chi connectivity index (χ4v) is 3.54. The summed E-state index contributed by atoms with van der Waals surface area (Å²) in [4.78, 5) is 35.5. The number of carbonyl (C=O) groups excluding carboxylic acids is 2. The van der Waals surface area contributed by atoms with Gasteiger partial charge in [-0.3, -0.25) is 9.59 Å². The van der Waals surface area contributed by atoms with E-state index >= 15 is 0 Å². The Bertz CT molecular complexity index is 897. The predicted molar refractivity (Wildman–Crippen MR) is 109 cm³/mol. The summed E-state index contributed by atoms with van der Waals surface area (Å²) in [5, 5.41) is 23.0. The van der Waals surface area contributed by atoms with Crippen LogP contribution in [0.4, 0.5) is 4.79 Å². The molecule has 0 aromatic heterocycles. The van der Waals surface area contributed by atoms with Crippen molar-refractivity contribution in [1.82, 2.24) is 10.6 Å². The van der Waals surface area contributed by atoms with Gasteiger partial charge in [0.25, 0.3) is 0 Å². The second-order valence-corrected chi connectivity index (χ2v) is 7.21. The van der Waals surface area contributed by atoms with Crippen molar-refractivity contribution in [3.63, 3.8) is 0 Å². The SMILES string of the molecule is C[C@H](O)CNC(=O)C(CC(=O)O)NC(=O)OCC1c2ccccc2-c2ccccc21. The summed E-state index contributed by atoms with van der Waals surface area (Å²) in [5.41, 5.74) is 4.26. The molecule has 1 aliphatic rings. The van der Waals surface area contributed by atoms with Gasteiger partial charge in [0.2, 0.25) is 5.91 Å². The summed E-state index contributed by atoms with van der Waals surface area (Å²) in [6.45, 7) is 1.47. The number of nitrogens with one attached hydrogen (secondary N) is 2. The molecule has 1 unspecified atom stereocenters. The van der Waals surface area contributed by atoms with Crippen LogP contribution < -0.4 is 10.6 Å². The zero-order chi connectivity index (χ0) is 21.7. The Hall–Kier alpha value is -3.39. The van der Waals surface area contributed by atoms with Gasteiger partial charge in [-0.25, -0.2) is 4.79 Å². The number of hydrogen-bond donors (Lipinski definition) is 4. The van der Waals surface area contributed by atoms with Gasteiger partial charge < -0.3 is 25.6 Å². The van der Waals surface area contributed by atoms with Crippen LogP contribution in [0.5, 0.6) is 0 Å². The molecular weight excluding hydrogens is 388 g/mol. The largest absolute Gasteiger partial charge is 0.481 e. The van der Waals surface area contributed by atoms with Crippen molar-refractivity contribution in [2.45, 2.75) is 31.4 Å². The van der Waals surface area contributed by atoms with E-state index in [-0.39, 0.29) is 19.1 Å². The smallest absolute Gasteiger partial charge is 0.407 e. The van der Waals surface area contributed by atoms with E-state index in [0.717, 1.165) is 22.3 Å². The van der Waals surface area contributed by atoms with E-state index < -0.39 is 36.5 Å². The summed E-state index contributed by atoms with van der Waals surface area (Å²) in [6.07, 6.45) is -2.28. The molecule has 0 spiro atoms. The lowest BCUT2D eigenvalue weighted by Gasteiger charge is -2.19. The van der Waals surface area contributed by atoms with E-state index in [4.69, 9.17) is 9.84 Å². The van der Waals surface area contributed by atoms with Crippen LogP contribution in [0.3, 0.4) is 0 Å². The highest BCUT2D eigenvalue weighted by Gasteiger charge is 2.30. The summed E-state index contributed by atoms with van der Waals surface area (Å²) >= 11 is 0. The van der Waals surface area contributed by atoms with Gasteiger partial charge in [-0.2, -0.15) is 0 Å². The van der Waals surface area contributed by atoms with Crippen LogP contribution >= 0.6 is 0 Å². The fraction of sp³-hybridized carbons (Fsp3) is 0.318. The van der Waals surface area contributed by atoms with E-state index in [1.165, 1.54) is 6.92 Å². The molecule has 0 heterocycles. The molecule has 158 valence electrons. The number of carbonyl (C=O) groups is 3. The fourth-order valence-electron chi connectivity index (χ4n) is 3.54. The van der Waals surface area contributed by atoms with Crippen LogP contribution in [-0.4, -0.2) is 53.5 Å². The van der Waals surface area contributed by atoms with Crippen molar-refractivity contribution < 1.29 is 29.3 Å². The van der Waals surface area contributed by atoms with Crippen molar-refractivity contribution >= 4 is 18.0 Å². The van der Waals surface area contributed by atoms with Crippen molar-refractivity contribution in [2.24, 2.45) is 0 Å². The van der Waals surface area contributed by atoms with Crippen molar-refractivity contribution in [1.29, 1.82) is 0 Å². The first-order valence-corrected chi connectivity index (χ1v) is 9.66. The Labute approximate surface area is 173 Å². The Morgan fingerprint density at radius 2 is 1.60 bits per heavy atom. The first-order valence-electron chi connectivity index (χ1n) is 9.66. The van der Waals surface area contributed by atoms with Gasteiger partial charge in [0.1, 0.15) is 12.6 Å².